The van der Waals surface area contributed by atoms with Crippen LogP contribution in [0, 0.1) is 5.82 Å². The third-order valence-electron chi connectivity index (χ3n) is 4.90. The van der Waals surface area contributed by atoms with Crippen molar-refractivity contribution in [3.05, 3.63) is 71.3 Å². The predicted molar refractivity (Wildman–Crippen MR) is 110 cm³/mol. The van der Waals surface area contributed by atoms with Gasteiger partial charge in [0.2, 0.25) is 5.13 Å². The van der Waals surface area contributed by atoms with E-state index < -0.39 is 5.82 Å². The molecular weight excluding hydrogens is 391 g/mol. The van der Waals surface area contributed by atoms with E-state index in [1.807, 2.05) is 24.3 Å². The van der Waals surface area contributed by atoms with Gasteiger partial charge in [0.1, 0.15) is 17.4 Å². The lowest BCUT2D eigenvalue weighted by atomic mass is 10.1. The van der Waals surface area contributed by atoms with Crippen LogP contribution in [0.5, 0.6) is 5.75 Å². The Labute approximate surface area is 172 Å². The van der Waals surface area contributed by atoms with Crippen LogP contribution in [-0.4, -0.2) is 53.5 Å². The van der Waals surface area contributed by atoms with Crippen LogP contribution in [0.4, 0.5) is 9.52 Å². The van der Waals surface area contributed by atoms with Gasteiger partial charge in [-0.2, -0.15) is 4.37 Å². The summed E-state index contributed by atoms with van der Waals surface area (Å²) in [5, 5.41) is 0.848. The second-order valence-electron chi connectivity index (χ2n) is 6.78. The molecule has 0 bridgehead atoms. The van der Waals surface area contributed by atoms with Crippen LogP contribution in [0.25, 0.3) is 0 Å². The van der Waals surface area contributed by atoms with Gasteiger partial charge >= 0.3 is 0 Å². The van der Waals surface area contributed by atoms with Crippen molar-refractivity contribution in [3.63, 3.8) is 0 Å². The highest BCUT2D eigenvalue weighted by molar-refractivity contribution is 7.09. The van der Waals surface area contributed by atoms with Gasteiger partial charge in [0.25, 0.3) is 5.91 Å². The lowest BCUT2D eigenvalue weighted by Gasteiger charge is -2.34. The van der Waals surface area contributed by atoms with E-state index in [0.29, 0.717) is 32.6 Å². The maximum atomic E-state index is 13.9. The van der Waals surface area contributed by atoms with E-state index in [4.69, 9.17) is 4.74 Å². The van der Waals surface area contributed by atoms with E-state index >= 15 is 0 Å². The Kier molecular flexibility index (Phi) is 5.71. The van der Waals surface area contributed by atoms with E-state index in [9.17, 15) is 9.18 Å². The van der Waals surface area contributed by atoms with Crippen molar-refractivity contribution in [2.75, 3.05) is 38.2 Å². The van der Waals surface area contributed by atoms with Crippen LogP contribution >= 0.6 is 11.5 Å². The molecule has 0 aliphatic carbocycles. The zero-order valence-electron chi connectivity index (χ0n) is 16.0. The smallest absolute Gasteiger partial charge is 0.256 e. The number of anilines is 1. The molecule has 0 N–H and O–H groups in total. The Balaban J connectivity index is 1.37. The van der Waals surface area contributed by atoms with E-state index in [0.717, 1.165) is 22.3 Å². The molecule has 0 atom stereocenters. The van der Waals surface area contributed by atoms with Crippen LogP contribution in [0.15, 0.2) is 48.5 Å². The first kappa shape index (κ1) is 19.3. The van der Waals surface area contributed by atoms with Crippen LogP contribution < -0.4 is 9.64 Å². The summed E-state index contributed by atoms with van der Waals surface area (Å²) in [6.07, 6.45) is 0.638. The highest BCUT2D eigenvalue weighted by Crippen LogP contribution is 2.22. The molecule has 1 saturated heterocycles. The molecule has 1 fully saturated rings. The fourth-order valence-corrected chi connectivity index (χ4v) is 4.05. The monoisotopic (exact) mass is 412 g/mol. The number of ether oxygens (including phenoxy) is 1. The Morgan fingerprint density at radius 3 is 2.69 bits per heavy atom. The molecule has 4 rings (SSSR count). The minimum absolute atomic E-state index is 0.123. The van der Waals surface area contributed by atoms with Gasteiger partial charge in [0.15, 0.2) is 0 Å². The summed E-state index contributed by atoms with van der Waals surface area (Å²) in [5.41, 5.74) is 1.21. The SMILES string of the molecule is COc1cccc(Cc2nsc(N3CCN(C(=O)c4ccccc4F)CC3)n2)c1. The third kappa shape index (κ3) is 4.37. The molecule has 1 aromatic heterocycles. The standard InChI is InChI=1S/C21H21FN4O2S/c1-28-16-6-4-5-15(13-16)14-19-23-21(29-24-19)26-11-9-25(10-12-26)20(27)17-7-2-3-8-18(17)22/h2-8,13H,9-12,14H2,1H3. The summed E-state index contributed by atoms with van der Waals surface area (Å²) in [6.45, 7) is 2.35. The zero-order valence-corrected chi connectivity index (χ0v) is 16.9. The average Bonchev–Trinajstić information content (AvgIpc) is 3.22. The number of piperazine rings is 1. The molecule has 1 amide bonds. The van der Waals surface area contributed by atoms with Crippen LogP contribution in [0.3, 0.4) is 0 Å². The van der Waals surface area contributed by atoms with Gasteiger partial charge in [0, 0.05) is 44.1 Å². The van der Waals surface area contributed by atoms with Gasteiger partial charge in [-0.3, -0.25) is 4.79 Å². The van der Waals surface area contributed by atoms with Crippen molar-refractivity contribution in [1.29, 1.82) is 0 Å². The summed E-state index contributed by atoms with van der Waals surface area (Å²) in [4.78, 5) is 21.0. The molecule has 8 heteroatoms. The maximum Gasteiger partial charge on any atom is 0.256 e. The molecule has 150 valence electrons. The zero-order chi connectivity index (χ0) is 20.2. The van der Waals surface area contributed by atoms with Crippen LogP contribution in [-0.2, 0) is 6.42 Å². The topological polar surface area (TPSA) is 58.6 Å². The average molecular weight is 412 g/mol. The van der Waals surface area contributed by atoms with Gasteiger partial charge in [-0.15, -0.1) is 0 Å². The second-order valence-corrected chi connectivity index (χ2v) is 7.51. The Morgan fingerprint density at radius 1 is 1.14 bits per heavy atom. The summed E-state index contributed by atoms with van der Waals surface area (Å²) >= 11 is 1.36. The summed E-state index contributed by atoms with van der Waals surface area (Å²) < 4.78 is 23.6. The largest absolute Gasteiger partial charge is 0.497 e. The Hall–Kier alpha value is -3.00. The summed E-state index contributed by atoms with van der Waals surface area (Å²) in [7, 11) is 1.65. The van der Waals surface area contributed by atoms with Crippen molar-refractivity contribution in [1.82, 2.24) is 14.3 Å². The van der Waals surface area contributed by atoms with Gasteiger partial charge < -0.3 is 14.5 Å². The van der Waals surface area contributed by atoms with Crippen molar-refractivity contribution in [2.45, 2.75) is 6.42 Å². The third-order valence-corrected chi connectivity index (χ3v) is 5.71. The lowest BCUT2D eigenvalue weighted by Crippen LogP contribution is -2.49. The van der Waals surface area contributed by atoms with Crippen LogP contribution in [0.1, 0.15) is 21.7 Å². The normalized spacial score (nSPS) is 14.1. The molecule has 0 spiro atoms. The molecule has 1 aliphatic heterocycles. The maximum absolute atomic E-state index is 13.9. The van der Waals surface area contributed by atoms with E-state index in [-0.39, 0.29) is 11.5 Å². The fourth-order valence-electron chi connectivity index (χ4n) is 3.32. The van der Waals surface area contributed by atoms with Gasteiger partial charge in [-0.1, -0.05) is 24.3 Å². The number of amides is 1. The quantitative estimate of drug-likeness (QED) is 0.644. The first-order valence-corrected chi connectivity index (χ1v) is 10.2. The Morgan fingerprint density at radius 2 is 1.93 bits per heavy atom. The van der Waals surface area contributed by atoms with Crippen molar-refractivity contribution in [2.24, 2.45) is 0 Å². The summed E-state index contributed by atoms with van der Waals surface area (Å²) in [6, 6.07) is 14.0. The number of benzene rings is 2. The predicted octanol–water partition coefficient (Wildman–Crippen LogP) is 3.24. The lowest BCUT2D eigenvalue weighted by molar-refractivity contribution is 0.0742. The molecule has 3 aromatic rings. The molecule has 0 saturated carbocycles. The molecule has 1 aliphatic rings. The van der Waals surface area contributed by atoms with Crippen molar-refractivity contribution < 1.29 is 13.9 Å². The molecular formula is C21H21FN4O2S. The molecule has 6 nitrogen and oxygen atoms in total. The van der Waals surface area contributed by atoms with E-state index in [2.05, 4.69) is 14.3 Å². The Bertz CT molecular complexity index is 1000. The first-order chi connectivity index (χ1) is 14.1. The van der Waals surface area contributed by atoms with Crippen molar-refractivity contribution >= 4 is 22.6 Å². The number of rotatable bonds is 5. The molecule has 0 radical (unpaired) electrons. The van der Waals surface area contributed by atoms with Crippen molar-refractivity contribution in [3.8, 4) is 5.75 Å². The number of nitrogens with zero attached hydrogens (tertiary/aromatic N) is 4. The number of hydrogen-bond donors (Lipinski definition) is 0. The highest BCUT2D eigenvalue weighted by atomic mass is 32.1. The number of carbonyl (C=O) groups excluding carboxylic acids is 1. The van der Waals surface area contributed by atoms with Gasteiger partial charge in [0.05, 0.1) is 12.7 Å². The number of carbonyl (C=O) groups is 1. The summed E-state index contributed by atoms with van der Waals surface area (Å²) in [5.74, 6) is 0.835. The molecule has 0 unspecified atom stereocenters. The first-order valence-electron chi connectivity index (χ1n) is 9.38. The highest BCUT2D eigenvalue weighted by Gasteiger charge is 2.25. The minimum atomic E-state index is -0.480. The molecule has 2 aromatic carbocycles. The molecule has 29 heavy (non-hydrogen) atoms. The number of methoxy groups -OCH3 is 1. The molecule has 2 heterocycles. The van der Waals surface area contributed by atoms with E-state index in [1.165, 1.54) is 23.7 Å². The van der Waals surface area contributed by atoms with Crippen LogP contribution in [0.2, 0.25) is 0 Å². The van der Waals surface area contributed by atoms with Gasteiger partial charge in [-0.25, -0.2) is 9.37 Å². The fraction of sp³-hybridized carbons (Fsp3) is 0.286. The number of halogens is 1. The minimum Gasteiger partial charge on any atom is -0.497 e. The van der Waals surface area contributed by atoms with Gasteiger partial charge in [-0.05, 0) is 29.8 Å². The number of aromatic nitrogens is 2. The van der Waals surface area contributed by atoms with E-state index in [1.54, 1.807) is 24.1 Å². The second kappa shape index (κ2) is 8.57. The number of hydrogen-bond acceptors (Lipinski definition) is 6.